The molecular weight excluding hydrogens is 320 g/mol. The Bertz CT molecular complexity index is 486. The highest BCUT2D eigenvalue weighted by atomic mass is 127. The van der Waals surface area contributed by atoms with Gasteiger partial charge in [0.15, 0.2) is 9.84 Å². The maximum atomic E-state index is 13.2. The van der Waals surface area contributed by atoms with Crippen molar-refractivity contribution in [2.45, 2.75) is 4.90 Å². The fourth-order valence-electron chi connectivity index (χ4n) is 1.35. The van der Waals surface area contributed by atoms with E-state index in [1.54, 1.807) is 0 Å². The molecule has 1 heterocycles. The largest absolute Gasteiger partial charge is 0.383 e. The van der Waals surface area contributed by atoms with Crippen LogP contribution < -0.4 is 5.32 Å². The Labute approximate surface area is 94.8 Å². The zero-order valence-corrected chi connectivity index (χ0v) is 10.0. The van der Waals surface area contributed by atoms with E-state index in [4.69, 9.17) is 0 Å². The number of benzene rings is 1. The van der Waals surface area contributed by atoms with Crippen LogP contribution in [0.3, 0.4) is 0 Å². The highest BCUT2D eigenvalue weighted by molar-refractivity contribution is 14.1. The van der Waals surface area contributed by atoms with E-state index in [0.717, 1.165) is 6.07 Å². The van der Waals surface area contributed by atoms with Crippen LogP contribution in [0.1, 0.15) is 0 Å². The third-order valence-corrected chi connectivity index (χ3v) is 4.62. The standard InChI is InChI=1S/C8H7FINO2S/c9-5-3-8-7(4-6(5)10)11-1-2-14(8,12)13/h3-4,11H,1-2H2. The lowest BCUT2D eigenvalue weighted by molar-refractivity contribution is 0.588. The monoisotopic (exact) mass is 327 g/mol. The second kappa shape index (κ2) is 3.34. The van der Waals surface area contributed by atoms with Crippen LogP contribution in [0.4, 0.5) is 10.1 Å². The number of rotatable bonds is 0. The highest BCUT2D eigenvalue weighted by Gasteiger charge is 2.24. The summed E-state index contributed by atoms with van der Waals surface area (Å²) in [4.78, 5) is 0.0710. The first kappa shape index (κ1) is 10.2. The first-order chi connectivity index (χ1) is 6.50. The summed E-state index contributed by atoms with van der Waals surface area (Å²) in [5.41, 5.74) is 0.502. The molecule has 0 radical (unpaired) electrons. The molecule has 0 aliphatic carbocycles. The molecule has 0 aromatic heterocycles. The summed E-state index contributed by atoms with van der Waals surface area (Å²) in [6, 6.07) is 2.60. The molecule has 6 heteroatoms. The number of nitrogens with one attached hydrogen (secondary N) is 1. The Morgan fingerprint density at radius 3 is 2.86 bits per heavy atom. The van der Waals surface area contributed by atoms with E-state index in [0.29, 0.717) is 15.8 Å². The van der Waals surface area contributed by atoms with Crippen LogP contribution in [-0.4, -0.2) is 20.7 Å². The second-order valence-electron chi connectivity index (χ2n) is 3.01. The van der Waals surface area contributed by atoms with Gasteiger partial charge in [0, 0.05) is 6.54 Å². The zero-order chi connectivity index (χ0) is 10.3. The zero-order valence-electron chi connectivity index (χ0n) is 7.05. The Morgan fingerprint density at radius 1 is 1.43 bits per heavy atom. The third-order valence-electron chi connectivity index (χ3n) is 2.04. The van der Waals surface area contributed by atoms with E-state index in [2.05, 4.69) is 5.32 Å². The van der Waals surface area contributed by atoms with Crippen LogP contribution in [0, 0.1) is 9.39 Å². The van der Waals surface area contributed by atoms with Gasteiger partial charge in [-0.15, -0.1) is 0 Å². The average Bonchev–Trinajstić information content (AvgIpc) is 2.08. The van der Waals surface area contributed by atoms with Crippen molar-refractivity contribution in [1.29, 1.82) is 0 Å². The Morgan fingerprint density at radius 2 is 2.14 bits per heavy atom. The number of fused-ring (bicyclic) bond motifs is 1. The van der Waals surface area contributed by atoms with Gasteiger partial charge in [-0.2, -0.15) is 0 Å². The lowest BCUT2D eigenvalue weighted by atomic mass is 10.3. The molecule has 3 nitrogen and oxygen atoms in total. The maximum Gasteiger partial charge on any atom is 0.182 e. The molecule has 0 saturated carbocycles. The van der Waals surface area contributed by atoms with Crippen LogP contribution >= 0.6 is 22.6 Å². The summed E-state index contributed by atoms with van der Waals surface area (Å²) in [5.74, 6) is -0.461. The molecule has 0 bridgehead atoms. The van der Waals surface area contributed by atoms with Crippen LogP contribution in [0.15, 0.2) is 17.0 Å². The third kappa shape index (κ3) is 1.60. The van der Waals surface area contributed by atoms with Crippen LogP contribution in [0.2, 0.25) is 0 Å². The van der Waals surface area contributed by atoms with Gasteiger partial charge in [-0.3, -0.25) is 0 Å². The van der Waals surface area contributed by atoms with Gasteiger partial charge in [-0.1, -0.05) is 0 Å². The minimum Gasteiger partial charge on any atom is -0.383 e. The molecule has 1 aliphatic rings. The molecule has 0 fully saturated rings. The quantitative estimate of drug-likeness (QED) is 0.737. The molecule has 0 spiro atoms. The molecule has 1 aromatic rings. The summed E-state index contributed by atoms with van der Waals surface area (Å²) < 4.78 is 36.6. The normalized spacial score (nSPS) is 18.4. The molecular formula is C8H7FINO2S. The van der Waals surface area contributed by atoms with Gasteiger partial charge in [0.25, 0.3) is 0 Å². The summed E-state index contributed by atoms with van der Waals surface area (Å²) in [7, 11) is -3.29. The van der Waals surface area contributed by atoms with Gasteiger partial charge < -0.3 is 5.32 Å². The SMILES string of the molecule is O=S1(=O)CCNc2cc(I)c(F)cc21. The summed E-state index contributed by atoms with van der Waals surface area (Å²) in [6.45, 7) is 0.386. The van der Waals surface area contributed by atoms with E-state index in [-0.39, 0.29) is 10.6 Å². The predicted octanol–water partition coefficient (Wildman–Crippen LogP) is 1.63. The van der Waals surface area contributed by atoms with Gasteiger partial charge in [0.2, 0.25) is 0 Å². The molecule has 0 atom stereocenters. The summed E-state index contributed by atoms with van der Waals surface area (Å²) in [6.07, 6.45) is 0. The van der Waals surface area contributed by atoms with Gasteiger partial charge >= 0.3 is 0 Å². The Balaban J connectivity index is 2.71. The molecule has 0 saturated heterocycles. The van der Waals surface area contributed by atoms with Gasteiger partial charge in [-0.05, 0) is 34.7 Å². The van der Waals surface area contributed by atoms with Crippen LogP contribution in [-0.2, 0) is 9.84 Å². The molecule has 0 unspecified atom stereocenters. The average molecular weight is 327 g/mol. The van der Waals surface area contributed by atoms with Gasteiger partial charge in [-0.25, -0.2) is 12.8 Å². The maximum absolute atomic E-state index is 13.2. The Kier molecular flexibility index (Phi) is 2.42. The summed E-state index contributed by atoms with van der Waals surface area (Å²) >= 11 is 1.83. The van der Waals surface area contributed by atoms with E-state index < -0.39 is 15.7 Å². The van der Waals surface area contributed by atoms with Crippen molar-refractivity contribution in [2.24, 2.45) is 0 Å². The number of hydrogen-bond acceptors (Lipinski definition) is 3. The minimum atomic E-state index is -3.29. The number of sulfone groups is 1. The van der Waals surface area contributed by atoms with E-state index in [1.807, 2.05) is 22.6 Å². The molecule has 2 rings (SSSR count). The highest BCUT2D eigenvalue weighted by Crippen LogP contribution is 2.29. The molecule has 1 aliphatic heterocycles. The molecule has 14 heavy (non-hydrogen) atoms. The van der Waals surface area contributed by atoms with E-state index in [1.165, 1.54) is 6.07 Å². The lowest BCUT2D eigenvalue weighted by Crippen LogP contribution is -2.23. The number of anilines is 1. The smallest absolute Gasteiger partial charge is 0.182 e. The van der Waals surface area contributed by atoms with Crippen LogP contribution in [0.25, 0.3) is 0 Å². The van der Waals surface area contributed by atoms with Crippen molar-refractivity contribution in [3.05, 3.63) is 21.5 Å². The van der Waals surface area contributed by atoms with Crippen molar-refractivity contribution in [3.63, 3.8) is 0 Å². The molecule has 1 aromatic carbocycles. The van der Waals surface area contributed by atoms with Crippen LogP contribution in [0.5, 0.6) is 0 Å². The molecule has 0 amide bonds. The van der Waals surface area contributed by atoms with E-state index >= 15 is 0 Å². The Hall–Kier alpha value is -0.370. The van der Waals surface area contributed by atoms with E-state index in [9.17, 15) is 12.8 Å². The van der Waals surface area contributed by atoms with Crippen molar-refractivity contribution in [3.8, 4) is 0 Å². The topological polar surface area (TPSA) is 46.2 Å². The minimum absolute atomic E-state index is 0.0278. The second-order valence-corrected chi connectivity index (χ2v) is 6.25. The lowest BCUT2D eigenvalue weighted by Gasteiger charge is -2.18. The van der Waals surface area contributed by atoms with Crippen molar-refractivity contribution >= 4 is 38.1 Å². The van der Waals surface area contributed by atoms with Crippen molar-refractivity contribution in [1.82, 2.24) is 0 Å². The first-order valence-electron chi connectivity index (χ1n) is 3.96. The van der Waals surface area contributed by atoms with Crippen molar-refractivity contribution in [2.75, 3.05) is 17.6 Å². The summed E-state index contributed by atoms with van der Waals surface area (Å²) in [5, 5.41) is 2.94. The molecule has 76 valence electrons. The first-order valence-corrected chi connectivity index (χ1v) is 6.69. The fourth-order valence-corrected chi connectivity index (χ4v) is 3.16. The number of hydrogen-bond donors (Lipinski definition) is 1. The fraction of sp³-hybridized carbons (Fsp3) is 0.250. The number of halogens is 2. The van der Waals surface area contributed by atoms with Crippen molar-refractivity contribution < 1.29 is 12.8 Å². The van der Waals surface area contributed by atoms with Gasteiger partial charge in [0.05, 0.1) is 19.9 Å². The predicted molar refractivity (Wildman–Crippen MR) is 59.7 cm³/mol. The van der Waals surface area contributed by atoms with Gasteiger partial charge in [0.1, 0.15) is 5.82 Å². The molecule has 1 N–H and O–H groups in total.